The molecule has 1 saturated heterocycles. The molecule has 0 bridgehead atoms. The van der Waals surface area contributed by atoms with Crippen molar-refractivity contribution in [3.8, 4) is 0 Å². The SMILES string of the molecule is O=C1CCC2(C(=O)Nc3ccccc3F)CCCC=C2N1c1ccccc1. The normalized spacial score (nSPS) is 22.0. The molecule has 0 radical (unpaired) electrons. The summed E-state index contributed by atoms with van der Waals surface area (Å²) in [6, 6.07) is 15.6. The molecule has 138 valence electrons. The molecule has 2 aliphatic rings. The molecule has 1 atom stereocenters. The second-order valence-corrected chi connectivity index (χ2v) is 7.06. The maximum absolute atomic E-state index is 14.0. The minimum atomic E-state index is -0.815. The van der Waals surface area contributed by atoms with Crippen LogP contribution in [0, 0.1) is 11.2 Å². The standard InChI is InChI=1S/C22H21FN2O2/c23-17-10-4-5-11-18(17)24-21(27)22-14-7-6-12-19(22)25(20(26)13-15-22)16-8-2-1-3-9-16/h1-5,8-12H,6-7,13-15H2,(H,24,27). The summed E-state index contributed by atoms with van der Waals surface area (Å²) in [7, 11) is 0. The lowest BCUT2D eigenvalue weighted by Gasteiger charge is -2.45. The molecule has 27 heavy (non-hydrogen) atoms. The summed E-state index contributed by atoms with van der Waals surface area (Å²) < 4.78 is 14.0. The van der Waals surface area contributed by atoms with E-state index in [1.807, 2.05) is 36.4 Å². The van der Waals surface area contributed by atoms with Gasteiger partial charge in [0.2, 0.25) is 11.8 Å². The summed E-state index contributed by atoms with van der Waals surface area (Å²) in [4.78, 5) is 27.7. The number of allylic oxidation sites excluding steroid dienone is 1. The fourth-order valence-corrected chi connectivity index (χ4v) is 4.10. The lowest BCUT2D eigenvalue weighted by molar-refractivity contribution is -0.128. The van der Waals surface area contributed by atoms with Crippen molar-refractivity contribution in [3.05, 3.63) is 72.2 Å². The van der Waals surface area contributed by atoms with E-state index < -0.39 is 11.2 Å². The van der Waals surface area contributed by atoms with Crippen molar-refractivity contribution in [3.63, 3.8) is 0 Å². The van der Waals surface area contributed by atoms with E-state index in [9.17, 15) is 14.0 Å². The Labute approximate surface area is 157 Å². The van der Waals surface area contributed by atoms with Crippen molar-refractivity contribution >= 4 is 23.2 Å². The van der Waals surface area contributed by atoms with Crippen LogP contribution in [0.15, 0.2) is 66.4 Å². The van der Waals surface area contributed by atoms with Crippen LogP contribution >= 0.6 is 0 Å². The first-order valence-corrected chi connectivity index (χ1v) is 9.26. The number of nitrogens with zero attached hydrogens (tertiary/aromatic N) is 1. The molecule has 5 heteroatoms. The second kappa shape index (κ2) is 6.99. The molecule has 0 spiro atoms. The molecule has 0 aromatic heterocycles. The third kappa shape index (κ3) is 3.03. The van der Waals surface area contributed by atoms with Crippen LogP contribution in [0.1, 0.15) is 32.1 Å². The van der Waals surface area contributed by atoms with E-state index in [-0.39, 0.29) is 23.9 Å². The number of amides is 2. The van der Waals surface area contributed by atoms with E-state index in [1.165, 1.54) is 6.07 Å². The Hall–Kier alpha value is -2.95. The minimum absolute atomic E-state index is 0.0105. The number of nitrogens with one attached hydrogen (secondary N) is 1. The molecule has 4 nitrogen and oxygen atoms in total. The van der Waals surface area contributed by atoms with Crippen LogP contribution in [-0.4, -0.2) is 11.8 Å². The highest BCUT2D eigenvalue weighted by Gasteiger charge is 2.50. The first-order valence-electron chi connectivity index (χ1n) is 9.26. The van der Waals surface area contributed by atoms with Gasteiger partial charge in [0, 0.05) is 17.8 Å². The van der Waals surface area contributed by atoms with Gasteiger partial charge in [-0.2, -0.15) is 0 Å². The highest BCUT2D eigenvalue weighted by Crippen LogP contribution is 2.48. The monoisotopic (exact) mass is 364 g/mol. The van der Waals surface area contributed by atoms with Crippen LogP contribution in [0.3, 0.4) is 0 Å². The number of halogens is 1. The first-order chi connectivity index (χ1) is 13.1. The van der Waals surface area contributed by atoms with Gasteiger partial charge in [-0.1, -0.05) is 36.4 Å². The third-order valence-electron chi connectivity index (χ3n) is 5.46. The van der Waals surface area contributed by atoms with Gasteiger partial charge in [0.05, 0.1) is 11.1 Å². The topological polar surface area (TPSA) is 49.4 Å². The fourth-order valence-electron chi connectivity index (χ4n) is 4.10. The van der Waals surface area contributed by atoms with Gasteiger partial charge in [-0.25, -0.2) is 4.39 Å². The summed E-state index contributed by atoms with van der Waals surface area (Å²) in [5, 5.41) is 2.76. The van der Waals surface area contributed by atoms with Crippen molar-refractivity contribution in [2.24, 2.45) is 5.41 Å². The number of hydrogen-bond acceptors (Lipinski definition) is 2. The number of carbonyl (C=O) groups is 2. The van der Waals surface area contributed by atoms with E-state index in [0.29, 0.717) is 12.8 Å². The smallest absolute Gasteiger partial charge is 0.236 e. The number of anilines is 2. The van der Waals surface area contributed by atoms with Gasteiger partial charge < -0.3 is 5.32 Å². The molecule has 1 aliphatic heterocycles. The summed E-state index contributed by atoms with van der Waals surface area (Å²) in [5.41, 5.74) is 0.845. The van der Waals surface area contributed by atoms with Gasteiger partial charge in [0.25, 0.3) is 0 Å². The highest BCUT2D eigenvalue weighted by atomic mass is 19.1. The fraction of sp³-hybridized carbons (Fsp3) is 0.273. The molecular formula is C22H21FN2O2. The molecule has 1 unspecified atom stereocenters. The molecule has 1 heterocycles. The second-order valence-electron chi connectivity index (χ2n) is 7.06. The van der Waals surface area contributed by atoms with Crippen LogP contribution < -0.4 is 10.2 Å². The highest BCUT2D eigenvalue weighted by molar-refractivity contribution is 6.05. The number of hydrogen-bond donors (Lipinski definition) is 1. The number of carbonyl (C=O) groups excluding carboxylic acids is 2. The zero-order chi connectivity index (χ0) is 18.9. The van der Waals surface area contributed by atoms with Gasteiger partial charge in [-0.05, 0) is 49.9 Å². The number of fused-ring (bicyclic) bond motifs is 1. The zero-order valence-electron chi connectivity index (χ0n) is 15.0. The van der Waals surface area contributed by atoms with Crippen molar-refractivity contribution in [2.45, 2.75) is 32.1 Å². The Balaban J connectivity index is 1.73. The van der Waals surface area contributed by atoms with E-state index in [4.69, 9.17) is 0 Å². The van der Waals surface area contributed by atoms with Crippen molar-refractivity contribution in [1.29, 1.82) is 0 Å². The molecular weight excluding hydrogens is 343 g/mol. The van der Waals surface area contributed by atoms with Crippen LogP contribution in [-0.2, 0) is 9.59 Å². The Kier molecular flexibility index (Phi) is 4.52. The molecule has 2 aromatic rings. The largest absolute Gasteiger partial charge is 0.323 e. The minimum Gasteiger partial charge on any atom is -0.323 e. The summed E-state index contributed by atoms with van der Waals surface area (Å²) in [6.07, 6.45) is 5.06. The molecule has 2 amide bonds. The Morgan fingerprint density at radius 2 is 1.78 bits per heavy atom. The average Bonchev–Trinajstić information content (AvgIpc) is 2.70. The quantitative estimate of drug-likeness (QED) is 0.862. The van der Waals surface area contributed by atoms with E-state index >= 15 is 0 Å². The zero-order valence-corrected chi connectivity index (χ0v) is 15.0. The molecule has 2 aromatic carbocycles. The maximum atomic E-state index is 14.0. The van der Waals surface area contributed by atoms with Crippen molar-refractivity contribution in [2.75, 3.05) is 10.2 Å². The Morgan fingerprint density at radius 1 is 1.04 bits per heavy atom. The van der Waals surface area contributed by atoms with Gasteiger partial charge in [-0.15, -0.1) is 0 Å². The summed E-state index contributed by atoms with van der Waals surface area (Å²) in [6.45, 7) is 0. The van der Waals surface area contributed by atoms with E-state index in [0.717, 1.165) is 24.2 Å². The number of benzene rings is 2. The molecule has 4 rings (SSSR count). The van der Waals surface area contributed by atoms with Gasteiger partial charge in [0.1, 0.15) is 5.82 Å². The number of rotatable bonds is 3. The lowest BCUT2D eigenvalue weighted by atomic mass is 9.69. The van der Waals surface area contributed by atoms with Crippen LogP contribution in [0.25, 0.3) is 0 Å². The molecule has 0 saturated carbocycles. The van der Waals surface area contributed by atoms with Gasteiger partial charge >= 0.3 is 0 Å². The summed E-state index contributed by atoms with van der Waals surface area (Å²) >= 11 is 0. The Morgan fingerprint density at radius 3 is 2.56 bits per heavy atom. The van der Waals surface area contributed by atoms with Gasteiger partial charge in [-0.3, -0.25) is 14.5 Å². The van der Waals surface area contributed by atoms with Crippen LogP contribution in [0.2, 0.25) is 0 Å². The summed E-state index contributed by atoms with van der Waals surface area (Å²) in [5.74, 6) is -0.717. The molecule has 1 N–H and O–H groups in total. The van der Waals surface area contributed by atoms with E-state index in [2.05, 4.69) is 5.32 Å². The van der Waals surface area contributed by atoms with Gasteiger partial charge in [0.15, 0.2) is 0 Å². The predicted octanol–water partition coefficient (Wildman–Crippen LogP) is 4.65. The molecule has 1 fully saturated rings. The van der Waals surface area contributed by atoms with Crippen molar-refractivity contribution in [1.82, 2.24) is 0 Å². The van der Waals surface area contributed by atoms with E-state index in [1.54, 1.807) is 23.1 Å². The third-order valence-corrected chi connectivity index (χ3v) is 5.46. The Bertz CT molecular complexity index is 910. The maximum Gasteiger partial charge on any atom is 0.236 e. The lowest BCUT2D eigenvalue weighted by Crippen LogP contribution is -2.51. The first kappa shape index (κ1) is 17.5. The van der Waals surface area contributed by atoms with Crippen LogP contribution in [0.5, 0.6) is 0 Å². The van der Waals surface area contributed by atoms with Crippen LogP contribution in [0.4, 0.5) is 15.8 Å². The van der Waals surface area contributed by atoms with Crippen molar-refractivity contribution < 1.29 is 14.0 Å². The average molecular weight is 364 g/mol. The number of piperidine rings is 1. The number of para-hydroxylation sites is 2. The predicted molar refractivity (Wildman–Crippen MR) is 103 cm³/mol. The molecule has 1 aliphatic carbocycles.